The second-order valence-corrected chi connectivity index (χ2v) is 6.58. The zero-order chi connectivity index (χ0) is 13.2. The van der Waals surface area contributed by atoms with Gasteiger partial charge in [-0.1, -0.05) is 28.8 Å². The van der Waals surface area contributed by atoms with E-state index in [1.54, 1.807) is 0 Å². The van der Waals surface area contributed by atoms with Gasteiger partial charge in [0.15, 0.2) is 0 Å². The molecule has 0 spiro atoms. The first-order chi connectivity index (χ1) is 9.24. The van der Waals surface area contributed by atoms with E-state index in [-0.39, 0.29) is 0 Å². The van der Waals surface area contributed by atoms with Crippen LogP contribution in [0.4, 0.5) is 11.4 Å². The lowest BCUT2D eigenvalue weighted by Gasteiger charge is -2.39. The van der Waals surface area contributed by atoms with Crippen molar-refractivity contribution < 1.29 is 0 Å². The van der Waals surface area contributed by atoms with Gasteiger partial charge in [-0.2, -0.15) is 0 Å². The second-order valence-electron chi connectivity index (χ2n) is 5.66. The Kier molecular flexibility index (Phi) is 3.99. The van der Waals surface area contributed by atoms with Crippen molar-refractivity contribution in [2.75, 3.05) is 36.8 Å². The quantitative estimate of drug-likeness (QED) is 0.849. The number of benzene rings is 1. The highest BCUT2D eigenvalue weighted by atomic mass is 79.9. The first kappa shape index (κ1) is 13.3. The average Bonchev–Trinajstić information content (AvgIpc) is 2.93. The highest BCUT2D eigenvalue weighted by Crippen LogP contribution is 2.29. The topological polar surface area (TPSA) is 32.5 Å². The van der Waals surface area contributed by atoms with Crippen LogP contribution in [0.5, 0.6) is 0 Å². The van der Waals surface area contributed by atoms with E-state index < -0.39 is 0 Å². The first-order valence-electron chi connectivity index (χ1n) is 7.28. The molecule has 0 amide bonds. The summed E-state index contributed by atoms with van der Waals surface area (Å²) in [5.41, 5.74) is 8.19. The molecule has 3 nitrogen and oxygen atoms in total. The second kappa shape index (κ2) is 5.71. The van der Waals surface area contributed by atoms with Gasteiger partial charge < -0.3 is 10.6 Å². The average molecular weight is 324 g/mol. The number of nitrogens with zero attached hydrogens (tertiary/aromatic N) is 2. The molecule has 2 fully saturated rings. The molecule has 104 valence electrons. The third-order valence-electron chi connectivity index (χ3n) is 4.49. The van der Waals surface area contributed by atoms with E-state index in [4.69, 9.17) is 5.73 Å². The largest absolute Gasteiger partial charge is 0.397 e. The molecule has 1 saturated carbocycles. The van der Waals surface area contributed by atoms with Gasteiger partial charge in [0.05, 0.1) is 11.4 Å². The Labute approximate surface area is 123 Å². The lowest BCUT2D eigenvalue weighted by Crippen LogP contribution is -2.49. The number of halogens is 1. The lowest BCUT2D eigenvalue weighted by atomic mass is 10.1. The summed E-state index contributed by atoms with van der Waals surface area (Å²) < 4.78 is 1.05. The van der Waals surface area contributed by atoms with Crippen molar-refractivity contribution in [3.8, 4) is 0 Å². The monoisotopic (exact) mass is 323 g/mol. The third kappa shape index (κ3) is 2.90. The molecule has 1 aromatic rings. The summed E-state index contributed by atoms with van der Waals surface area (Å²) in [5, 5.41) is 0. The standard InChI is InChI=1S/C15H22BrN3/c16-12-5-6-15(14(17)11-12)19-9-7-18(8-10-19)13-3-1-2-4-13/h5-6,11,13H,1-4,7-10,17H2. The Morgan fingerprint density at radius 1 is 1.05 bits per heavy atom. The molecule has 3 rings (SSSR count). The summed E-state index contributed by atoms with van der Waals surface area (Å²) in [5.74, 6) is 0. The van der Waals surface area contributed by atoms with E-state index >= 15 is 0 Å². The van der Waals surface area contributed by atoms with E-state index in [2.05, 4.69) is 37.9 Å². The van der Waals surface area contributed by atoms with E-state index in [0.717, 1.165) is 29.3 Å². The van der Waals surface area contributed by atoms with Crippen LogP contribution >= 0.6 is 15.9 Å². The zero-order valence-corrected chi connectivity index (χ0v) is 12.9. The van der Waals surface area contributed by atoms with Crippen LogP contribution in [0, 0.1) is 0 Å². The predicted octanol–water partition coefficient (Wildman–Crippen LogP) is 3.10. The summed E-state index contributed by atoms with van der Waals surface area (Å²) in [4.78, 5) is 5.10. The predicted molar refractivity (Wildman–Crippen MR) is 84.6 cm³/mol. The maximum atomic E-state index is 6.12. The van der Waals surface area contributed by atoms with Gasteiger partial charge in [-0.25, -0.2) is 0 Å². The summed E-state index contributed by atoms with van der Waals surface area (Å²) in [6.45, 7) is 4.56. The Morgan fingerprint density at radius 2 is 1.74 bits per heavy atom. The molecular weight excluding hydrogens is 302 g/mol. The number of nitrogens with two attached hydrogens (primary N) is 1. The molecule has 1 aliphatic carbocycles. The Hall–Kier alpha value is -0.740. The number of piperazine rings is 1. The molecule has 0 radical (unpaired) electrons. The fraction of sp³-hybridized carbons (Fsp3) is 0.600. The molecule has 1 aromatic carbocycles. The van der Waals surface area contributed by atoms with Gasteiger partial charge in [0.2, 0.25) is 0 Å². The Morgan fingerprint density at radius 3 is 2.37 bits per heavy atom. The number of nitrogen functional groups attached to an aromatic ring is 1. The van der Waals surface area contributed by atoms with Gasteiger partial charge in [0, 0.05) is 36.7 Å². The van der Waals surface area contributed by atoms with Crippen LogP contribution in [-0.4, -0.2) is 37.1 Å². The molecule has 1 saturated heterocycles. The Bertz CT molecular complexity index is 435. The van der Waals surface area contributed by atoms with Crippen LogP contribution in [0.25, 0.3) is 0 Å². The molecule has 19 heavy (non-hydrogen) atoms. The van der Waals surface area contributed by atoms with E-state index in [0.29, 0.717) is 0 Å². The molecule has 0 aromatic heterocycles. The molecule has 1 heterocycles. The zero-order valence-electron chi connectivity index (χ0n) is 11.3. The molecular formula is C15H22BrN3. The van der Waals surface area contributed by atoms with E-state index in [1.807, 2.05) is 6.07 Å². The SMILES string of the molecule is Nc1cc(Br)ccc1N1CCN(C2CCCC2)CC1. The molecule has 1 aliphatic heterocycles. The van der Waals surface area contributed by atoms with Gasteiger partial charge in [0.1, 0.15) is 0 Å². The normalized spacial score (nSPS) is 22.1. The summed E-state index contributed by atoms with van der Waals surface area (Å²) >= 11 is 3.47. The van der Waals surface area contributed by atoms with E-state index in [1.165, 1.54) is 44.5 Å². The van der Waals surface area contributed by atoms with Crippen molar-refractivity contribution in [3.63, 3.8) is 0 Å². The molecule has 4 heteroatoms. The minimum atomic E-state index is 0.851. The molecule has 2 aliphatic rings. The molecule has 2 N–H and O–H groups in total. The number of hydrogen-bond acceptors (Lipinski definition) is 3. The van der Waals surface area contributed by atoms with Crippen molar-refractivity contribution in [1.29, 1.82) is 0 Å². The van der Waals surface area contributed by atoms with Gasteiger partial charge in [-0.3, -0.25) is 4.90 Å². The van der Waals surface area contributed by atoms with Gasteiger partial charge in [-0.05, 0) is 31.0 Å². The number of hydrogen-bond donors (Lipinski definition) is 1. The number of anilines is 2. The van der Waals surface area contributed by atoms with Crippen molar-refractivity contribution in [3.05, 3.63) is 22.7 Å². The smallest absolute Gasteiger partial charge is 0.0601 e. The maximum Gasteiger partial charge on any atom is 0.0601 e. The van der Waals surface area contributed by atoms with Crippen molar-refractivity contribution >= 4 is 27.3 Å². The highest BCUT2D eigenvalue weighted by molar-refractivity contribution is 9.10. The minimum absolute atomic E-state index is 0.851. The fourth-order valence-electron chi connectivity index (χ4n) is 3.41. The first-order valence-corrected chi connectivity index (χ1v) is 8.07. The lowest BCUT2D eigenvalue weighted by molar-refractivity contribution is 0.187. The van der Waals surface area contributed by atoms with Crippen molar-refractivity contribution in [2.24, 2.45) is 0 Å². The highest BCUT2D eigenvalue weighted by Gasteiger charge is 2.26. The summed E-state index contributed by atoms with van der Waals surface area (Å²) in [7, 11) is 0. The summed E-state index contributed by atoms with van der Waals surface area (Å²) in [6, 6.07) is 7.06. The molecule has 0 unspecified atom stereocenters. The van der Waals surface area contributed by atoms with Crippen LogP contribution in [0.2, 0.25) is 0 Å². The van der Waals surface area contributed by atoms with Crippen LogP contribution in [-0.2, 0) is 0 Å². The van der Waals surface area contributed by atoms with Crippen LogP contribution < -0.4 is 10.6 Å². The van der Waals surface area contributed by atoms with Crippen LogP contribution in [0.3, 0.4) is 0 Å². The molecule has 0 bridgehead atoms. The fourth-order valence-corrected chi connectivity index (χ4v) is 3.79. The van der Waals surface area contributed by atoms with Gasteiger partial charge >= 0.3 is 0 Å². The number of rotatable bonds is 2. The van der Waals surface area contributed by atoms with Crippen molar-refractivity contribution in [2.45, 2.75) is 31.7 Å². The van der Waals surface area contributed by atoms with Crippen molar-refractivity contribution in [1.82, 2.24) is 4.90 Å². The van der Waals surface area contributed by atoms with Crippen LogP contribution in [0.1, 0.15) is 25.7 Å². The minimum Gasteiger partial charge on any atom is -0.397 e. The maximum absolute atomic E-state index is 6.12. The third-order valence-corrected chi connectivity index (χ3v) is 4.98. The van der Waals surface area contributed by atoms with Gasteiger partial charge in [0.25, 0.3) is 0 Å². The van der Waals surface area contributed by atoms with Gasteiger partial charge in [-0.15, -0.1) is 0 Å². The molecule has 0 atom stereocenters. The van der Waals surface area contributed by atoms with E-state index in [9.17, 15) is 0 Å². The van der Waals surface area contributed by atoms with Crippen LogP contribution in [0.15, 0.2) is 22.7 Å². The summed E-state index contributed by atoms with van der Waals surface area (Å²) in [6.07, 6.45) is 5.65. The Balaban J connectivity index is 1.63.